The molecule has 29 heavy (non-hydrogen) atoms. The molecule has 0 fully saturated rings. The van der Waals surface area contributed by atoms with Crippen molar-refractivity contribution in [2.45, 2.75) is 13.5 Å². The second-order valence-corrected chi connectivity index (χ2v) is 6.42. The molecule has 148 valence electrons. The van der Waals surface area contributed by atoms with Crippen LogP contribution in [0.1, 0.15) is 31.8 Å². The predicted molar refractivity (Wildman–Crippen MR) is 110 cm³/mol. The topological polar surface area (TPSA) is 84.9 Å². The van der Waals surface area contributed by atoms with Crippen LogP contribution in [0.15, 0.2) is 60.7 Å². The van der Waals surface area contributed by atoms with E-state index in [0.717, 1.165) is 11.3 Å². The number of hydrogen-bond donors (Lipinski definition) is 2. The molecular formula is C23H21NO5. The minimum atomic E-state index is -0.618. The summed E-state index contributed by atoms with van der Waals surface area (Å²) in [4.78, 5) is 24.0. The first-order valence-electron chi connectivity index (χ1n) is 8.97. The highest BCUT2D eigenvalue weighted by Crippen LogP contribution is 2.34. The summed E-state index contributed by atoms with van der Waals surface area (Å²) in [6.07, 6.45) is 0.633. The third-order valence-electron chi connectivity index (χ3n) is 4.32. The van der Waals surface area contributed by atoms with Gasteiger partial charge in [0, 0.05) is 16.8 Å². The Morgan fingerprint density at radius 3 is 2.59 bits per heavy atom. The molecular weight excluding hydrogens is 370 g/mol. The van der Waals surface area contributed by atoms with Crippen molar-refractivity contribution in [3.63, 3.8) is 0 Å². The van der Waals surface area contributed by atoms with Gasteiger partial charge >= 0.3 is 5.97 Å². The van der Waals surface area contributed by atoms with Gasteiger partial charge in [-0.25, -0.2) is 4.79 Å². The Kier molecular flexibility index (Phi) is 6.26. The lowest BCUT2D eigenvalue weighted by Gasteiger charge is -2.15. The fourth-order valence-electron chi connectivity index (χ4n) is 2.93. The fraction of sp³-hybridized carbons (Fsp3) is 0.130. The van der Waals surface area contributed by atoms with Crippen molar-refractivity contribution in [2.75, 3.05) is 12.4 Å². The number of aldehydes is 1. The molecule has 0 aliphatic rings. The van der Waals surface area contributed by atoms with Gasteiger partial charge in [0.15, 0.2) is 11.5 Å². The van der Waals surface area contributed by atoms with Gasteiger partial charge in [-0.1, -0.05) is 24.3 Å². The smallest absolute Gasteiger partial charge is 0.345 e. The molecule has 0 aromatic heterocycles. The molecule has 3 aromatic carbocycles. The summed E-state index contributed by atoms with van der Waals surface area (Å²) in [5.74, 6) is -0.348. The summed E-state index contributed by atoms with van der Waals surface area (Å²) in [7, 11) is 1.40. The second kappa shape index (κ2) is 9.03. The zero-order valence-corrected chi connectivity index (χ0v) is 16.1. The molecule has 0 radical (unpaired) electrons. The molecule has 3 rings (SSSR count). The van der Waals surface area contributed by atoms with Crippen LogP contribution < -0.4 is 14.8 Å². The quantitative estimate of drug-likeness (QED) is 0.355. The van der Waals surface area contributed by atoms with Gasteiger partial charge in [0.05, 0.1) is 25.0 Å². The molecule has 3 aromatic rings. The molecule has 0 saturated carbocycles. The number of benzene rings is 3. The van der Waals surface area contributed by atoms with Gasteiger partial charge < -0.3 is 19.9 Å². The zero-order chi connectivity index (χ0) is 20.8. The number of methoxy groups -OCH3 is 1. The van der Waals surface area contributed by atoms with Crippen LogP contribution >= 0.6 is 0 Å². The standard InChI is InChI=1S/C23H21NO5/c1-15-6-5-7-18(10-15)24-20-9-4-3-8-19(20)23(27)29-22-17(14-26)11-16(13-25)12-21(22)28-2/h3-13,24,26H,14H2,1-2H3. The number of anilines is 2. The average molecular weight is 391 g/mol. The number of aryl methyl sites for hydroxylation is 1. The molecule has 0 bridgehead atoms. The van der Waals surface area contributed by atoms with Gasteiger partial charge in [0.25, 0.3) is 0 Å². The van der Waals surface area contributed by atoms with Crippen molar-refractivity contribution in [3.8, 4) is 11.5 Å². The number of ether oxygens (including phenoxy) is 2. The Hall–Kier alpha value is -3.64. The van der Waals surface area contributed by atoms with Crippen molar-refractivity contribution in [2.24, 2.45) is 0 Å². The summed E-state index contributed by atoms with van der Waals surface area (Å²) in [6.45, 7) is 1.57. The van der Waals surface area contributed by atoms with E-state index >= 15 is 0 Å². The third kappa shape index (κ3) is 4.62. The first kappa shape index (κ1) is 20.1. The number of para-hydroxylation sites is 1. The van der Waals surface area contributed by atoms with Gasteiger partial charge in [-0.3, -0.25) is 4.79 Å². The summed E-state index contributed by atoms with van der Waals surface area (Å²) >= 11 is 0. The van der Waals surface area contributed by atoms with Crippen LogP contribution in [0.4, 0.5) is 11.4 Å². The van der Waals surface area contributed by atoms with Gasteiger partial charge in [-0.05, 0) is 48.9 Å². The summed E-state index contributed by atoms with van der Waals surface area (Å²) < 4.78 is 10.8. The van der Waals surface area contributed by atoms with Crippen molar-refractivity contribution >= 4 is 23.6 Å². The lowest BCUT2D eigenvalue weighted by molar-refractivity contribution is 0.0726. The Bertz CT molecular complexity index is 1020. The monoisotopic (exact) mass is 391 g/mol. The van der Waals surface area contributed by atoms with Crippen molar-refractivity contribution in [3.05, 3.63) is 82.9 Å². The lowest BCUT2D eigenvalue weighted by atomic mass is 10.1. The van der Waals surface area contributed by atoms with Crippen molar-refractivity contribution in [1.29, 1.82) is 0 Å². The van der Waals surface area contributed by atoms with Crippen LogP contribution in [-0.4, -0.2) is 24.5 Å². The highest BCUT2D eigenvalue weighted by Gasteiger charge is 2.20. The van der Waals surface area contributed by atoms with E-state index < -0.39 is 12.6 Å². The van der Waals surface area contributed by atoms with Crippen LogP contribution in [0.25, 0.3) is 0 Å². The van der Waals surface area contributed by atoms with E-state index in [1.165, 1.54) is 19.2 Å². The van der Waals surface area contributed by atoms with Gasteiger partial charge in [0.1, 0.15) is 6.29 Å². The van der Waals surface area contributed by atoms with Crippen LogP contribution in [0.3, 0.4) is 0 Å². The molecule has 0 atom stereocenters. The summed E-state index contributed by atoms with van der Waals surface area (Å²) in [5.41, 5.74) is 3.42. The molecule has 0 spiro atoms. The number of carbonyl (C=O) groups is 2. The van der Waals surface area contributed by atoms with Crippen molar-refractivity contribution < 1.29 is 24.2 Å². The average Bonchev–Trinajstić information content (AvgIpc) is 2.74. The minimum absolute atomic E-state index is 0.0796. The summed E-state index contributed by atoms with van der Waals surface area (Å²) in [5, 5.41) is 12.9. The molecule has 0 aliphatic carbocycles. The van der Waals surface area contributed by atoms with E-state index in [9.17, 15) is 14.7 Å². The molecule has 6 nitrogen and oxygen atoms in total. The van der Waals surface area contributed by atoms with Gasteiger partial charge in [-0.2, -0.15) is 0 Å². The largest absolute Gasteiger partial charge is 0.493 e. The van der Waals surface area contributed by atoms with E-state index in [-0.39, 0.29) is 17.1 Å². The Morgan fingerprint density at radius 2 is 1.90 bits per heavy atom. The van der Waals surface area contributed by atoms with Crippen LogP contribution in [0.5, 0.6) is 11.5 Å². The predicted octanol–water partition coefficient (Wildman–Crippen LogP) is 4.27. The minimum Gasteiger partial charge on any atom is -0.493 e. The Labute approximate surface area is 168 Å². The molecule has 0 heterocycles. The maximum atomic E-state index is 12.9. The number of hydrogen-bond acceptors (Lipinski definition) is 6. The fourth-order valence-corrected chi connectivity index (χ4v) is 2.93. The third-order valence-corrected chi connectivity index (χ3v) is 4.32. The maximum absolute atomic E-state index is 12.9. The first-order chi connectivity index (χ1) is 14.0. The normalized spacial score (nSPS) is 10.3. The van der Waals surface area contributed by atoms with Crippen molar-refractivity contribution in [1.82, 2.24) is 0 Å². The molecule has 2 N–H and O–H groups in total. The molecule has 0 aliphatic heterocycles. The SMILES string of the molecule is COc1cc(C=O)cc(CO)c1OC(=O)c1ccccc1Nc1cccc(C)c1. The molecule has 0 unspecified atom stereocenters. The van der Waals surface area contributed by atoms with Crippen LogP contribution in [0.2, 0.25) is 0 Å². The number of aliphatic hydroxyl groups is 1. The van der Waals surface area contributed by atoms with E-state index in [2.05, 4.69) is 5.32 Å². The number of rotatable bonds is 7. The number of nitrogens with one attached hydrogen (secondary N) is 1. The Balaban J connectivity index is 1.94. The molecule has 0 amide bonds. The van der Waals surface area contributed by atoms with E-state index in [1.807, 2.05) is 37.3 Å². The maximum Gasteiger partial charge on any atom is 0.345 e. The first-order valence-corrected chi connectivity index (χ1v) is 8.97. The van der Waals surface area contributed by atoms with Gasteiger partial charge in [0.2, 0.25) is 0 Å². The van der Waals surface area contributed by atoms with E-state index in [1.54, 1.807) is 18.2 Å². The van der Waals surface area contributed by atoms with Crippen LogP contribution in [0, 0.1) is 6.92 Å². The Morgan fingerprint density at radius 1 is 1.10 bits per heavy atom. The lowest BCUT2D eigenvalue weighted by Crippen LogP contribution is -2.13. The summed E-state index contributed by atoms with van der Waals surface area (Å²) in [6, 6.07) is 17.6. The van der Waals surface area contributed by atoms with E-state index in [4.69, 9.17) is 9.47 Å². The molecule has 6 heteroatoms. The number of esters is 1. The number of aliphatic hydroxyl groups excluding tert-OH is 1. The highest BCUT2D eigenvalue weighted by molar-refractivity contribution is 5.98. The van der Waals surface area contributed by atoms with Crippen LogP contribution in [-0.2, 0) is 6.61 Å². The highest BCUT2D eigenvalue weighted by atomic mass is 16.6. The van der Waals surface area contributed by atoms with Gasteiger partial charge in [-0.15, -0.1) is 0 Å². The number of carbonyl (C=O) groups excluding carboxylic acids is 2. The zero-order valence-electron chi connectivity index (χ0n) is 16.1. The molecule has 0 saturated heterocycles. The second-order valence-electron chi connectivity index (χ2n) is 6.42. The van der Waals surface area contributed by atoms with E-state index in [0.29, 0.717) is 23.1 Å².